The summed E-state index contributed by atoms with van der Waals surface area (Å²) in [5.74, 6) is 0.0559. The number of aromatic nitrogens is 1. The third kappa shape index (κ3) is 2.62. The van der Waals surface area contributed by atoms with Gasteiger partial charge in [0.15, 0.2) is 0 Å². The Hall–Kier alpha value is -1.62. The quantitative estimate of drug-likeness (QED) is 0.856. The maximum atomic E-state index is 12.7. The van der Waals surface area contributed by atoms with Crippen LogP contribution in [0.4, 0.5) is 0 Å². The largest absolute Gasteiger partial charge is 0.336 e. The van der Waals surface area contributed by atoms with Crippen LogP contribution in [0.25, 0.3) is 10.2 Å². The lowest BCUT2D eigenvalue weighted by molar-refractivity contribution is -0.137. The van der Waals surface area contributed by atoms with Crippen molar-refractivity contribution in [1.29, 1.82) is 0 Å². The first kappa shape index (κ1) is 14.3. The van der Waals surface area contributed by atoms with Gasteiger partial charge < -0.3 is 4.90 Å². The Morgan fingerprint density at radius 1 is 1.24 bits per heavy atom. The summed E-state index contributed by atoms with van der Waals surface area (Å²) >= 11 is 1.21. The van der Waals surface area contributed by atoms with Gasteiger partial charge in [-0.1, -0.05) is 23.5 Å². The molecule has 0 bridgehead atoms. The highest BCUT2D eigenvalue weighted by Gasteiger charge is 2.29. The van der Waals surface area contributed by atoms with Crippen LogP contribution in [0.5, 0.6) is 0 Å². The molecule has 0 radical (unpaired) electrons. The second-order valence-corrected chi connectivity index (χ2v) is 6.84. The molecule has 1 aliphatic heterocycles. The maximum Gasteiger partial charge on any atom is 0.308 e. The molecule has 0 saturated carbocycles. The van der Waals surface area contributed by atoms with Crippen molar-refractivity contribution in [2.75, 3.05) is 0 Å². The van der Waals surface area contributed by atoms with E-state index in [1.54, 1.807) is 4.57 Å². The Balaban J connectivity index is 1.89. The number of piperidine rings is 1. The molecule has 2 heterocycles. The van der Waals surface area contributed by atoms with E-state index in [2.05, 4.69) is 13.8 Å². The zero-order valence-electron chi connectivity index (χ0n) is 12.4. The second-order valence-electron chi connectivity index (χ2n) is 5.85. The van der Waals surface area contributed by atoms with Gasteiger partial charge >= 0.3 is 4.87 Å². The smallest absolute Gasteiger partial charge is 0.308 e. The SMILES string of the molecule is C[C@@H]1CCC[C@@H](C)N1C(=O)Cn1c(=O)sc2ccccc21. The Morgan fingerprint density at radius 3 is 2.62 bits per heavy atom. The minimum atomic E-state index is -0.0538. The Morgan fingerprint density at radius 2 is 1.90 bits per heavy atom. The van der Waals surface area contributed by atoms with Crippen LogP contribution in [0.15, 0.2) is 29.1 Å². The van der Waals surface area contributed by atoms with Crippen LogP contribution < -0.4 is 4.87 Å². The topological polar surface area (TPSA) is 42.3 Å². The second kappa shape index (κ2) is 5.64. The highest BCUT2D eigenvalue weighted by Crippen LogP contribution is 2.23. The predicted octanol–water partition coefficient (Wildman–Crippen LogP) is 2.85. The number of hydrogen-bond acceptors (Lipinski definition) is 3. The Labute approximate surface area is 128 Å². The molecule has 0 spiro atoms. The highest BCUT2D eigenvalue weighted by molar-refractivity contribution is 7.16. The van der Waals surface area contributed by atoms with Crippen molar-refractivity contribution in [1.82, 2.24) is 9.47 Å². The minimum absolute atomic E-state index is 0.0538. The van der Waals surface area contributed by atoms with Gasteiger partial charge in [0, 0.05) is 12.1 Å². The van der Waals surface area contributed by atoms with E-state index in [0.717, 1.165) is 23.1 Å². The number of benzene rings is 1. The predicted molar refractivity (Wildman–Crippen MR) is 85.7 cm³/mol. The summed E-state index contributed by atoms with van der Waals surface area (Å²) in [6.07, 6.45) is 3.28. The molecule has 21 heavy (non-hydrogen) atoms. The Kier molecular flexibility index (Phi) is 3.85. The number of amides is 1. The van der Waals surface area contributed by atoms with Gasteiger partial charge in [-0.2, -0.15) is 0 Å². The number of hydrogen-bond donors (Lipinski definition) is 0. The third-order valence-electron chi connectivity index (χ3n) is 4.35. The lowest BCUT2D eigenvalue weighted by Gasteiger charge is -2.39. The molecule has 0 aliphatic carbocycles. The first-order chi connectivity index (χ1) is 10.1. The fourth-order valence-electron chi connectivity index (χ4n) is 3.29. The molecule has 0 unspecified atom stereocenters. The first-order valence-electron chi connectivity index (χ1n) is 7.47. The molecule has 1 saturated heterocycles. The van der Waals surface area contributed by atoms with Crippen LogP contribution in [0, 0.1) is 0 Å². The molecule has 112 valence electrons. The number of para-hydroxylation sites is 1. The fourth-order valence-corrected chi connectivity index (χ4v) is 4.18. The number of fused-ring (bicyclic) bond motifs is 1. The number of carbonyl (C=O) groups excluding carboxylic acids is 1. The van der Waals surface area contributed by atoms with Gasteiger partial charge in [-0.05, 0) is 45.2 Å². The van der Waals surface area contributed by atoms with E-state index in [4.69, 9.17) is 0 Å². The minimum Gasteiger partial charge on any atom is -0.336 e. The lowest BCUT2D eigenvalue weighted by Crippen LogP contribution is -2.49. The van der Waals surface area contributed by atoms with E-state index >= 15 is 0 Å². The summed E-state index contributed by atoms with van der Waals surface area (Å²) < 4.78 is 2.55. The fraction of sp³-hybridized carbons (Fsp3) is 0.500. The number of carbonyl (C=O) groups is 1. The molecular weight excluding hydrogens is 284 g/mol. The number of nitrogens with zero attached hydrogens (tertiary/aromatic N) is 2. The van der Waals surface area contributed by atoms with E-state index in [1.165, 1.54) is 17.8 Å². The molecule has 2 atom stereocenters. The van der Waals surface area contributed by atoms with Crippen molar-refractivity contribution >= 4 is 27.5 Å². The number of likely N-dealkylation sites (tertiary alicyclic amines) is 1. The van der Waals surface area contributed by atoms with Crippen LogP contribution in [-0.4, -0.2) is 27.5 Å². The zero-order valence-corrected chi connectivity index (χ0v) is 13.2. The molecule has 1 aromatic carbocycles. The average molecular weight is 304 g/mol. The highest BCUT2D eigenvalue weighted by atomic mass is 32.1. The molecule has 1 aromatic heterocycles. The summed E-state index contributed by atoms with van der Waals surface area (Å²) in [4.78, 5) is 26.7. The lowest BCUT2D eigenvalue weighted by atomic mass is 9.97. The molecule has 0 N–H and O–H groups in total. The van der Waals surface area contributed by atoms with Crippen LogP contribution in [0.1, 0.15) is 33.1 Å². The molecular formula is C16H20N2O2S. The monoisotopic (exact) mass is 304 g/mol. The molecule has 1 fully saturated rings. The summed E-state index contributed by atoms with van der Waals surface area (Å²) in [5, 5.41) is 0. The van der Waals surface area contributed by atoms with Crippen molar-refractivity contribution in [2.45, 2.75) is 51.7 Å². The van der Waals surface area contributed by atoms with Gasteiger partial charge in [-0.15, -0.1) is 0 Å². The summed E-state index contributed by atoms with van der Waals surface area (Å²) in [7, 11) is 0. The summed E-state index contributed by atoms with van der Waals surface area (Å²) in [6, 6.07) is 8.18. The van der Waals surface area contributed by atoms with E-state index in [0.29, 0.717) is 0 Å². The van der Waals surface area contributed by atoms with Crippen molar-refractivity contribution in [3.05, 3.63) is 33.9 Å². The van der Waals surface area contributed by atoms with Crippen LogP contribution in [-0.2, 0) is 11.3 Å². The number of thiazole rings is 1. The normalized spacial score (nSPS) is 22.7. The van der Waals surface area contributed by atoms with Gasteiger partial charge in [-0.3, -0.25) is 14.2 Å². The molecule has 5 heteroatoms. The van der Waals surface area contributed by atoms with Crippen molar-refractivity contribution in [3.8, 4) is 0 Å². The van der Waals surface area contributed by atoms with Gasteiger partial charge in [0.1, 0.15) is 6.54 Å². The molecule has 1 amide bonds. The summed E-state index contributed by atoms with van der Waals surface area (Å²) in [6.45, 7) is 4.35. The van der Waals surface area contributed by atoms with Crippen LogP contribution >= 0.6 is 11.3 Å². The van der Waals surface area contributed by atoms with Crippen LogP contribution in [0.2, 0.25) is 0 Å². The molecule has 3 rings (SSSR count). The summed E-state index contributed by atoms with van der Waals surface area (Å²) in [5.41, 5.74) is 0.859. The van der Waals surface area contributed by atoms with Gasteiger partial charge in [-0.25, -0.2) is 0 Å². The van der Waals surface area contributed by atoms with Crippen LogP contribution in [0.3, 0.4) is 0 Å². The third-order valence-corrected chi connectivity index (χ3v) is 5.31. The van der Waals surface area contributed by atoms with Gasteiger partial charge in [0.05, 0.1) is 10.2 Å². The van der Waals surface area contributed by atoms with Crippen molar-refractivity contribution < 1.29 is 4.79 Å². The van der Waals surface area contributed by atoms with Crippen molar-refractivity contribution in [3.63, 3.8) is 0 Å². The van der Waals surface area contributed by atoms with Crippen molar-refractivity contribution in [2.24, 2.45) is 0 Å². The molecule has 4 nitrogen and oxygen atoms in total. The van der Waals surface area contributed by atoms with Gasteiger partial charge in [0.25, 0.3) is 0 Å². The Bertz CT molecular complexity index is 708. The zero-order chi connectivity index (χ0) is 15.0. The molecule has 1 aliphatic rings. The van der Waals surface area contributed by atoms with Gasteiger partial charge in [0.2, 0.25) is 5.91 Å². The number of rotatable bonds is 2. The van der Waals surface area contributed by atoms with E-state index < -0.39 is 0 Å². The maximum absolute atomic E-state index is 12.7. The van der Waals surface area contributed by atoms with E-state index in [1.807, 2.05) is 29.2 Å². The average Bonchev–Trinajstić information content (AvgIpc) is 2.75. The molecule has 2 aromatic rings. The standard InChI is InChI=1S/C16H20N2O2S/c1-11-6-5-7-12(2)18(11)15(19)10-17-13-8-3-4-9-14(13)21-16(17)20/h3-4,8-9,11-12H,5-7,10H2,1-2H3/t11-,12-/m1/s1. The van der Waals surface area contributed by atoms with E-state index in [-0.39, 0.29) is 29.4 Å². The van der Waals surface area contributed by atoms with E-state index in [9.17, 15) is 9.59 Å². The first-order valence-corrected chi connectivity index (χ1v) is 8.29.